The zero-order valence-electron chi connectivity index (χ0n) is 15.2. The number of benzene rings is 2. The molecule has 150 valence electrons. The van der Waals surface area contributed by atoms with Crippen molar-refractivity contribution in [2.45, 2.75) is 19.5 Å². The predicted molar refractivity (Wildman–Crippen MR) is 99.9 cm³/mol. The quantitative estimate of drug-likeness (QED) is 0.622. The average molecular weight is 403 g/mol. The molecule has 1 fully saturated rings. The summed E-state index contributed by atoms with van der Waals surface area (Å²) in [6.07, 6.45) is -2.88. The van der Waals surface area contributed by atoms with Gasteiger partial charge in [-0.3, -0.25) is 19.9 Å². The van der Waals surface area contributed by atoms with Crippen molar-refractivity contribution in [3.8, 4) is 0 Å². The molecule has 0 aliphatic carbocycles. The largest absolute Gasteiger partial charge is 0.416 e. The molecule has 29 heavy (non-hydrogen) atoms. The molecule has 1 aliphatic heterocycles. The number of hydrogen-bond acceptors (Lipinski definition) is 4. The predicted octanol–water partition coefficient (Wildman–Crippen LogP) is 3.87. The second-order valence-electron chi connectivity index (χ2n) is 6.25. The fourth-order valence-corrected chi connectivity index (χ4v) is 2.88. The molecule has 0 aromatic heterocycles. The van der Waals surface area contributed by atoms with Crippen LogP contribution in [0, 0.1) is 5.92 Å². The minimum absolute atomic E-state index is 0.290. The Morgan fingerprint density at radius 3 is 2.52 bits per heavy atom. The van der Waals surface area contributed by atoms with Gasteiger partial charge in [-0.05, 0) is 36.2 Å². The highest BCUT2D eigenvalue weighted by atomic mass is 19.4. The number of carbonyl (C=O) groups excluding carboxylic acids is 3. The molecule has 2 aromatic rings. The molecule has 1 atom stereocenters. The first kappa shape index (κ1) is 20.2. The Labute approximate surface area is 164 Å². The summed E-state index contributed by atoms with van der Waals surface area (Å²) < 4.78 is 38.9. The molecule has 0 bridgehead atoms. The van der Waals surface area contributed by atoms with Crippen LogP contribution in [0.5, 0.6) is 0 Å². The number of anilines is 1. The van der Waals surface area contributed by atoms with Crippen LogP contribution in [0.1, 0.15) is 18.1 Å². The Bertz CT molecular complexity index is 1000. The summed E-state index contributed by atoms with van der Waals surface area (Å²) in [5.41, 5.74) is 0.133. The van der Waals surface area contributed by atoms with E-state index in [1.54, 1.807) is 12.1 Å². The Balaban J connectivity index is 1.94. The number of rotatable bonds is 4. The van der Waals surface area contributed by atoms with E-state index < -0.39 is 35.5 Å². The number of amides is 4. The molecule has 0 radical (unpaired) electrons. The molecule has 0 unspecified atom stereocenters. The van der Waals surface area contributed by atoms with Crippen LogP contribution in [-0.4, -0.2) is 24.1 Å². The van der Waals surface area contributed by atoms with Crippen LogP contribution in [0.15, 0.2) is 53.5 Å². The van der Waals surface area contributed by atoms with E-state index in [2.05, 4.69) is 4.99 Å². The standard InChI is InChI=1S/C20H16F3N3O3/c1-2-12-6-3-4-9-16(12)24-11-15-17(27)25-19(29)26(18(15)28)14-8-5-7-13(10-14)20(21,22)23/h3-11,15H,2H2,1H3,(H,25,27,29)/t15-/m1/s1. The molecule has 9 heteroatoms. The van der Waals surface area contributed by atoms with E-state index in [9.17, 15) is 27.6 Å². The van der Waals surface area contributed by atoms with Gasteiger partial charge in [-0.2, -0.15) is 13.2 Å². The minimum Gasteiger partial charge on any atom is -0.276 e. The summed E-state index contributed by atoms with van der Waals surface area (Å²) in [7, 11) is 0. The maximum absolute atomic E-state index is 13.0. The van der Waals surface area contributed by atoms with E-state index in [0.29, 0.717) is 23.1 Å². The number of aryl methyl sites for hydroxylation is 1. The zero-order valence-corrected chi connectivity index (χ0v) is 15.2. The average Bonchev–Trinajstić information content (AvgIpc) is 2.67. The third kappa shape index (κ3) is 4.18. The van der Waals surface area contributed by atoms with Crippen LogP contribution < -0.4 is 10.2 Å². The summed E-state index contributed by atoms with van der Waals surface area (Å²) in [6, 6.07) is 9.76. The number of para-hydroxylation sites is 1. The first-order chi connectivity index (χ1) is 13.7. The van der Waals surface area contributed by atoms with Gasteiger partial charge in [0, 0.05) is 6.21 Å². The lowest BCUT2D eigenvalue weighted by molar-refractivity contribution is -0.138. The maximum atomic E-state index is 13.0. The second-order valence-corrected chi connectivity index (χ2v) is 6.25. The Hall–Kier alpha value is -3.49. The molecule has 1 heterocycles. The van der Waals surface area contributed by atoms with Gasteiger partial charge in [0.2, 0.25) is 5.91 Å². The smallest absolute Gasteiger partial charge is 0.276 e. The highest BCUT2D eigenvalue weighted by Gasteiger charge is 2.41. The van der Waals surface area contributed by atoms with E-state index in [1.807, 2.05) is 24.4 Å². The molecule has 2 aromatic carbocycles. The van der Waals surface area contributed by atoms with Gasteiger partial charge < -0.3 is 0 Å². The lowest BCUT2D eigenvalue weighted by Gasteiger charge is -2.28. The number of nitrogens with zero attached hydrogens (tertiary/aromatic N) is 2. The zero-order chi connectivity index (χ0) is 21.2. The molecule has 1 N–H and O–H groups in total. The fourth-order valence-electron chi connectivity index (χ4n) is 2.88. The summed E-state index contributed by atoms with van der Waals surface area (Å²) in [5, 5.41) is 1.99. The SMILES string of the molecule is CCc1ccccc1N=C[C@@H]1C(=O)NC(=O)N(c2cccc(C(F)(F)F)c2)C1=O. The number of aliphatic imine (C=N–C) groups is 1. The maximum Gasteiger partial charge on any atom is 0.416 e. The van der Waals surface area contributed by atoms with Gasteiger partial charge in [0.25, 0.3) is 5.91 Å². The number of halogens is 3. The number of alkyl halides is 3. The topological polar surface area (TPSA) is 78.8 Å². The van der Waals surface area contributed by atoms with Gasteiger partial charge in [-0.15, -0.1) is 0 Å². The molecule has 4 amide bonds. The van der Waals surface area contributed by atoms with E-state index in [1.165, 1.54) is 6.07 Å². The van der Waals surface area contributed by atoms with Crippen molar-refractivity contribution in [2.24, 2.45) is 10.9 Å². The Morgan fingerprint density at radius 2 is 1.83 bits per heavy atom. The van der Waals surface area contributed by atoms with E-state index in [4.69, 9.17) is 0 Å². The second kappa shape index (κ2) is 7.86. The molecular formula is C20H16F3N3O3. The first-order valence-corrected chi connectivity index (χ1v) is 8.70. The first-order valence-electron chi connectivity index (χ1n) is 8.70. The van der Waals surface area contributed by atoms with Crippen LogP contribution >= 0.6 is 0 Å². The van der Waals surface area contributed by atoms with Gasteiger partial charge in [0.05, 0.1) is 16.9 Å². The normalized spacial score (nSPS) is 17.7. The van der Waals surface area contributed by atoms with Gasteiger partial charge in [-0.25, -0.2) is 9.69 Å². The summed E-state index contributed by atoms with van der Waals surface area (Å²) in [4.78, 5) is 41.7. The van der Waals surface area contributed by atoms with Gasteiger partial charge in [0.1, 0.15) is 0 Å². The van der Waals surface area contributed by atoms with Crippen LogP contribution in [0.25, 0.3) is 0 Å². The lowest BCUT2D eigenvalue weighted by atomic mass is 10.0. The summed E-state index contributed by atoms with van der Waals surface area (Å²) in [5.74, 6) is -3.32. The molecule has 0 spiro atoms. The number of barbiturate groups is 1. The van der Waals surface area contributed by atoms with Crippen LogP contribution in [-0.2, 0) is 22.2 Å². The van der Waals surface area contributed by atoms with Gasteiger partial charge in [-0.1, -0.05) is 31.2 Å². The third-order valence-electron chi connectivity index (χ3n) is 4.37. The molecule has 1 aliphatic rings. The van der Waals surface area contributed by atoms with Gasteiger partial charge in [0.15, 0.2) is 5.92 Å². The molecule has 1 saturated heterocycles. The van der Waals surface area contributed by atoms with E-state index in [-0.39, 0.29) is 5.69 Å². The fraction of sp³-hybridized carbons (Fsp3) is 0.200. The number of imide groups is 2. The van der Waals surface area contributed by atoms with Crippen molar-refractivity contribution >= 4 is 35.4 Å². The third-order valence-corrected chi connectivity index (χ3v) is 4.37. The van der Waals surface area contributed by atoms with E-state index in [0.717, 1.165) is 23.9 Å². The van der Waals surface area contributed by atoms with Crippen LogP contribution in [0.4, 0.5) is 29.3 Å². The molecular weight excluding hydrogens is 387 g/mol. The molecule has 0 saturated carbocycles. The van der Waals surface area contributed by atoms with Gasteiger partial charge >= 0.3 is 12.2 Å². The Morgan fingerprint density at radius 1 is 1.10 bits per heavy atom. The molecule has 3 rings (SSSR count). The number of nitrogens with one attached hydrogen (secondary N) is 1. The highest BCUT2D eigenvalue weighted by Crippen LogP contribution is 2.32. The number of hydrogen-bond donors (Lipinski definition) is 1. The lowest BCUT2D eigenvalue weighted by Crippen LogP contribution is -2.58. The summed E-state index contributed by atoms with van der Waals surface area (Å²) >= 11 is 0. The van der Waals surface area contributed by atoms with Crippen molar-refractivity contribution in [3.05, 3.63) is 59.7 Å². The van der Waals surface area contributed by atoms with E-state index >= 15 is 0 Å². The van der Waals surface area contributed by atoms with Crippen molar-refractivity contribution in [1.29, 1.82) is 0 Å². The minimum atomic E-state index is -4.65. The van der Waals surface area contributed by atoms with Crippen LogP contribution in [0.3, 0.4) is 0 Å². The van der Waals surface area contributed by atoms with Crippen LogP contribution in [0.2, 0.25) is 0 Å². The highest BCUT2D eigenvalue weighted by molar-refractivity contribution is 6.32. The van der Waals surface area contributed by atoms with Crippen molar-refractivity contribution in [1.82, 2.24) is 5.32 Å². The monoisotopic (exact) mass is 403 g/mol. The van der Waals surface area contributed by atoms with Crippen molar-refractivity contribution < 1.29 is 27.6 Å². The van der Waals surface area contributed by atoms with Crippen molar-refractivity contribution in [2.75, 3.05) is 4.90 Å². The van der Waals surface area contributed by atoms with Crippen molar-refractivity contribution in [3.63, 3.8) is 0 Å². The Kier molecular flexibility index (Phi) is 5.49. The number of urea groups is 1. The summed E-state index contributed by atoms with van der Waals surface area (Å²) in [6.45, 7) is 1.92. The molecule has 6 nitrogen and oxygen atoms in total. The number of carbonyl (C=O) groups is 3.